The second kappa shape index (κ2) is 8.75. The Morgan fingerprint density at radius 2 is 2.19 bits per heavy atom. The van der Waals surface area contributed by atoms with Crippen molar-refractivity contribution >= 4 is 12.0 Å². The first kappa shape index (κ1) is 16.7. The lowest BCUT2D eigenvalue weighted by atomic mass is 10.3. The van der Waals surface area contributed by atoms with Gasteiger partial charge in [0, 0.05) is 12.3 Å². The zero-order valence-electron chi connectivity index (χ0n) is 11.8. The van der Waals surface area contributed by atoms with Crippen molar-refractivity contribution in [1.29, 1.82) is 0 Å². The SMILES string of the molecule is CCCCCOc1ccnc(OC(=O)NC(=O)CN)c1O. The molecule has 0 bridgehead atoms. The molecule has 0 spiro atoms. The maximum Gasteiger partial charge on any atom is 0.420 e. The standard InChI is InChI=1S/C13H19N3O5/c1-2-3-4-7-20-9-5-6-15-12(11(9)18)21-13(19)16-10(17)8-14/h5-6,18H,2-4,7-8,14H2,1H3,(H,16,17,19). The molecule has 1 aromatic heterocycles. The number of imide groups is 1. The summed E-state index contributed by atoms with van der Waals surface area (Å²) in [6.07, 6.45) is 3.16. The van der Waals surface area contributed by atoms with Crippen LogP contribution in [0.1, 0.15) is 26.2 Å². The highest BCUT2D eigenvalue weighted by Gasteiger charge is 2.16. The monoisotopic (exact) mass is 297 g/mol. The highest BCUT2D eigenvalue weighted by atomic mass is 16.6. The molecule has 8 nitrogen and oxygen atoms in total. The number of carbonyl (C=O) groups excluding carboxylic acids is 2. The molecule has 0 unspecified atom stereocenters. The molecule has 0 saturated carbocycles. The minimum absolute atomic E-state index is 0.161. The van der Waals surface area contributed by atoms with E-state index in [1.807, 2.05) is 5.32 Å². The summed E-state index contributed by atoms with van der Waals surface area (Å²) in [5.74, 6) is -1.28. The summed E-state index contributed by atoms with van der Waals surface area (Å²) >= 11 is 0. The van der Waals surface area contributed by atoms with Gasteiger partial charge in [0.15, 0.2) is 5.75 Å². The predicted octanol–water partition coefficient (Wildman–Crippen LogP) is 0.930. The largest absolute Gasteiger partial charge is 0.501 e. The summed E-state index contributed by atoms with van der Waals surface area (Å²) in [5.41, 5.74) is 5.04. The number of pyridine rings is 1. The first-order valence-electron chi connectivity index (χ1n) is 6.61. The van der Waals surface area contributed by atoms with Crippen LogP contribution in [-0.4, -0.2) is 35.2 Å². The summed E-state index contributed by atoms with van der Waals surface area (Å²) in [5, 5.41) is 11.8. The molecule has 0 fully saturated rings. The lowest BCUT2D eigenvalue weighted by molar-refractivity contribution is -0.118. The van der Waals surface area contributed by atoms with Crippen molar-refractivity contribution in [2.45, 2.75) is 26.2 Å². The van der Waals surface area contributed by atoms with Gasteiger partial charge in [-0.15, -0.1) is 0 Å². The van der Waals surface area contributed by atoms with E-state index < -0.39 is 17.7 Å². The van der Waals surface area contributed by atoms with Crippen molar-refractivity contribution in [3.05, 3.63) is 12.3 Å². The Bertz CT molecular complexity index is 493. The van der Waals surface area contributed by atoms with E-state index >= 15 is 0 Å². The minimum atomic E-state index is -1.07. The van der Waals surface area contributed by atoms with Crippen LogP contribution in [0.3, 0.4) is 0 Å². The summed E-state index contributed by atoms with van der Waals surface area (Å²) in [7, 11) is 0. The maximum absolute atomic E-state index is 11.3. The quantitative estimate of drug-likeness (QED) is 0.639. The van der Waals surface area contributed by atoms with Crippen LogP contribution in [0.5, 0.6) is 17.4 Å². The Kier molecular flexibility index (Phi) is 6.96. The number of nitrogens with one attached hydrogen (secondary N) is 1. The third-order valence-corrected chi connectivity index (χ3v) is 2.48. The van der Waals surface area contributed by atoms with Crippen LogP contribution < -0.4 is 20.5 Å². The molecule has 1 aromatic rings. The summed E-state index contributed by atoms with van der Waals surface area (Å²) < 4.78 is 10.1. The first-order valence-corrected chi connectivity index (χ1v) is 6.61. The Hall–Kier alpha value is -2.35. The maximum atomic E-state index is 11.3. The van der Waals surface area contributed by atoms with Gasteiger partial charge in [-0.25, -0.2) is 9.78 Å². The van der Waals surface area contributed by atoms with Gasteiger partial charge < -0.3 is 20.3 Å². The number of carbonyl (C=O) groups is 2. The summed E-state index contributed by atoms with van der Waals surface area (Å²) in [6.45, 7) is 2.15. The van der Waals surface area contributed by atoms with Crippen molar-refractivity contribution < 1.29 is 24.2 Å². The highest BCUT2D eigenvalue weighted by Crippen LogP contribution is 2.33. The fourth-order valence-corrected chi connectivity index (χ4v) is 1.42. The fourth-order valence-electron chi connectivity index (χ4n) is 1.42. The topological polar surface area (TPSA) is 124 Å². The molecule has 0 aromatic carbocycles. The number of unbranched alkanes of at least 4 members (excludes halogenated alkanes) is 2. The molecule has 0 radical (unpaired) electrons. The zero-order valence-corrected chi connectivity index (χ0v) is 11.8. The molecule has 2 amide bonds. The molecule has 116 valence electrons. The van der Waals surface area contributed by atoms with E-state index in [1.54, 1.807) is 0 Å². The normalized spacial score (nSPS) is 10.0. The molecule has 0 atom stereocenters. The Morgan fingerprint density at radius 1 is 1.43 bits per heavy atom. The van der Waals surface area contributed by atoms with Crippen LogP contribution in [0.15, 0.2) is 12.3 Å². The Balaban J connectivity index is 2.63. The van der Waals surface area contributed by atoms with Gasteiger partial charge in [-0.05, 0) is 6.42 Å². The van der Waals surface area contributed by atoms with Crippen molar-refractivity contribution in [3.63, 3.8) is 0 Å². The Morgan fingerprint density at radius 3 is 2.86 bits per heavy atom. The number of aromatic nitrogens is 1. The van der Waals surface area contributed by atoms with Gasteiger partial charge in [-0.1, -0.05) is 19.8 Å². The lowest BCUT2D eigenvalue weighted by Gasteiger charge is -2.10. The number of amides is 2. The van der Waals surface area contributed by atoms with Gasteiger partial charge >= 0.3 is 6.09 Å². The zero-order chi connectivity index (χ0) is 15.7. The second-order valence-electron chi connectivity index (χ2n) is 4.16. The van der Waals surface area contributed by atoms with Crippen LogP contribution in [-0.2, 0) is 4.79 Å². The molecule has 0 aliphatic rings. The number of hydrogen-bond acceptors (Lipinski definition) is 7. The number of aromatic hydroxyl groups is 1. The van der Waals surface area contributed by atoms with Crippen molar-refractivity contribution in [2.24, 2.45) is 5.73 Å². The first-order chi connectivity index (χ1) is 10.1. The van der Waals surface area contributed by atoms with Crippen LogP contribution in [0.2, 0.25) is 0 Å². The van der Waals surface area contributed by atoms with Crippen LogP contribution >= 0.6 is 0 Å². The molecule has 4 N–H and O–H groups in total. The van der Waals surface area contributed by atoms with E-state index in [9.17, 15) is 14.7 Å². The average molecular weight is 297 g/mol. The number of rotatable bonds is 7. The smallest absolute Gasteiger partial charge is 0.420 e. The Labute approximate surface area is 122 Å². The van der Waals surface area contributed by atoms with Crippen LogP contribution in [0, 0.1) is 0 Å². The van der Waals surface area contributed by atoms with Crippen molar-refractivity contribution in [2.75, 3.05) is 13.2 Å². The minimum Gasteiger partial charge on any atom is -0.501 e. The van der Waals surface area contributed by atoms with E-state index in [4.69, 9.17) is 15.2 Å². The molecular weight excluding hydrogens is 278 g/mol. The lowest BCUT2D eigenvalue weighted by Crippen LogP contribution is -2.37. The fraction of sp³-hybridized carbons (Fsp3) is 0.462. The molecule has 1 heterocycles. The molecule has 0 saturated heterocycles. The van der Waals surface area contributed by atoms with E-state index in [2.05, 4.69) is 11.9 Å². The van der Waals surface area contributed by atoms with Crippen LogP contribution in [0.25, 0.3) is 0 Å². The van der Waals surface area contributed by atoms with Crippen molar-refractivity contribution in [1.82, 2.24) is 10.3 Å². The van der Waals surface area contributed by atoms with E-state index in [1.165, 1.54) is 12.3 Å². The van der Waals surface area contributed by atoms with Gasteiger partial charge in [-0.3, -0.25) is 10.1 Å². The second-order valence-corrected chi connectivity index (χ2v) is 4.16. The number of nitrogens with zero attached hydrogens (tertiary/aromatic N) is 1. The van der Waals surface area contributed by atoms with E-state index in [0.717, 1.165) is 19.3 Å². The molecule has 0 aliphatic carbocycles. The van der Waals surface area contributed by atoms with Gasteiger partial charge in [0.1, 0.15) is 0 Å². The van der Waals surface area contributed by atoms with E-state index in [-0.39, 0.29) is 18.2 Å². The molecule has 1 rings (SSSR count). The summed E-state index contributed by atoms with van der Waals surface area (Å²) in [6, 6.07) is 1.46. The van der Waals surface area contributed by atoms with Crippen LogP contribution in [0.4, 0.5) is 4.79 Å². The average Bonchev–Trinajstić information content (AvgIpc) is 2.47. The number of ether oxygens (including phenoxy) is 2. The third-order valence-electron chi connectivity index (χ3n) is 2.48. The van der Waals surface area contributed by atoms with Gasteiger partial charge in [0.25, 0.3) is 5.88 Å². The number of nitrogens with two attached hydrogens (primary N) is 1. The summed E-state index contributed by atoms with van der Waals surface area (Å²) in [4.78, 5) is 26.0. The molecule has 8 heteroatoms. The molecule has 21 heavy (non-hydrogen) atoms. The van der Waals surface area contributed by atoms with Crippen molar-refractivity contribution in [3.8, 4) is 17.4 Å². The third kappa shape index (κ3) is 5.65. The molecule has 0 aliphatic heterocycles. The highest BCUT2D eigenvalue weighted by molar-refractivity contribution is 5.93. The molecular formula is C13H19N3O5. The van der Waals surface area contributed by atoms with Gasteiger partial charge in [0.05, 0.1) is 13.2 Å². The van der Waals surface area contributed by atoms with Gasteiger partial charge in [0.2, 0.25) is 11.7 Å². The number of hydrogen-bond donors (Lipinski definition) is 3. The van der Waals surface area contributed by atoms with Gasteiger partial charge in [-0.2, -0.15) is 0 Å². The predicted molar refractivity (Wildman–Crippen MR) is 74.1 cm³/mol. The van der Waals surface area contributed by atoms with E-state index in [0.29, 0.717) is 6.61 Å².